The molecule has 2 fully saturated rings. The second-order valence-corrected chi connectivity index (χ2v) is 11.1. The lowest BCUT2D eigenvalue weighted by atomic mass is 9.94. The van der Waals surface area contributed by atoms with Gasteiger partial charge in [0.05, 0.1) is 23.3 Å². The molecule has 1 saturated heterocycles. The Morgan fingerprint density at radius 3 is 2.02 bits per heavy atom. The number of nitrogens with one attached hydrogen (secondary N) is 1. The summed E-state index contributed by atoms with van der Waals surface area (Å²) in [4.78, 5) is 25.6. The van der Waals surface area contributed by atoms with E-state index in [2.05, 4.69) is 14.5 Å². The summed E-state index contributed by atoms with van der Waals surface area (Å²) in [6.45, 7) is 3.57. The number of halogens is 3. The Labute approximate surface area is 230 Å². The molecule has 220 valence electrons. The fraction of sp³-hybridized carbons (Fsp3) is 0.462. The van der Waals surface area contributed by atoms with E-state index in [1.807, 2.05) is 0 Å². The van der Waals surface area contributed by atoms with Crippen molar-refractivity contribution in [3.63, 3.8) is 0 Å². The lowest BCUT2D eigenvalue weighted by Crippen LogP contribution is -2.50. The smallest absolute Gasteiger partial charge is 0.490 e. The lowest BCUT2D eigenvalue weighted by Gasteiger charge is -2.41. The number of nitrogens with zero attached hydrogens (tertiary/aromatic N) is 2. The largest absolute Gasteiger partial charge is 0.497 e. The monoisotopic (exact) mass is 587 g/mol. The first kappa shape index (κ1) is 31.0. The average Bonchev–Trinajstić information content (AvgIpc) is 2.93. The number of hydrogen-bond donors (Lipinski definition) is 3. The number of carboxylic acids is 2. The van der Waals surface area contributed by atoms with Crippen molar-refractivity contribution >= 4 is 33.3 Å². The number of carboxylic acid groups (broad SMARTS) is 2. The molecule has 0 radical (unpaired) electrons. The minimum atomic E-state index is -5.08. The minimum absolute atomic E-state index is 0.0301. The van der Waals surface area contributed by atoms with Gasteiger partial charge < -0.3 is 19.8 Å². The summed E-state index contributed by atoms with van der Waals surface area (Å²) in [7, 11) is -2.44. The molecule has 10 nitrogen and oxygen atoms in total. The highest BCUT2D eigenvalue weighted by Gasteiger charge is 2.38. The predicted molar refractivity (Wildman–Crippen MR) is 142 cm³/mol. The van der Waals surface area contributed by atoms with Crippen molar-refractivity contribution in [1.29, 1.82) is 0 Å². The van der Waals surface area contributed by atoms with Gasteiger partial charge in [0.15, 0.2) is 0 Å². The van der Waals surface area contributed by atoms with Crippen LogP contribution in [0.5, 0.6) is 5.75 Å². The zero-order valence-electron chi connectivity index (χ0n) is 21.9. The Balaban J connectivity index is 0.000000559. The van der Waals surface area contributed by atoms with Crippen molar-refractivity contribution in [1.82, 2.24) is 4.90 Å². The number of alkyl halides is 3. The molecule has 0 aromatic heterocycles. The van der Waals surface area contributed by atoms with E-state index in [0.29, 0.717) is 11.8 Å². The Kier molecular flexibility index (Phi) is 10.3. The van der Waals surface area contributed by atoms with Crippen molar-refractivity contribution in [3.8, 4) is 5.75 Å². The third-order valence-electron chi connectivity index (χ3n) is 6.86. The maximum absolute atomic E-state index is 12.8. The zero-order valence-corrected chi connectivity index (χ0v) is 22.7. The number of rotatable bonds is 7. The predicted octanol–water partition coefficient (Wildman–Crippen LogP) is 4.28. The van der Waals surface area contributed by atoms with Crippen LogP contribution in [0.1, 0.15) is 42.5 Å². The summed E-state index contributed by atoms with van der Waals surface area (Å²) >= 11 is 0. The molecule has 3 N–H and O–H groups in total. The minimum Gasteiger partial charge on any atom is -0.497 e. The van der Waals surface area contributed by atoms with Crippen LogP contribution in [0, 0.1) is 0 Å². The van der Waals surface area contributed by atoms with Gasteiger partial charge in [-0.05, 0) is 55.3 Å². The molecular formula is C26H32F3N3O7S. The molecule has 0 amide bonds. The van der Waals surface area contributed by atoms with E-state index in [4.69, 9.17) is 14.6 Å². The molecule has 40 heavy (non-hydrogen) atoms. The number of methoxy groups -OCH3 is 1. The molecule has 1 aliphatic carbocycles. The van der Waals surface area contributed by atoms with E-state index in [9.17, 15) is 31.5 Å². The number of anilines is 2. The fourth-order valence-electron chi connectivity index (χ4n) is 4.74. The van der Waals surface area contributed by atoms with Gasteiger partial charge in [-0.3, -0.25) is 9.62 Å². The van der Waals surface area contributed by atoms with Crippen LogP contribution in [-0.2, 0) is 14.8 Å². The second-order valence-electron chi connectivity index (χ2n) is 9.43. The van der Waals surface area contributed by atoms with Crippen LogP contribution < -0.4 is 14.4 Å². The van der Waals surface area contributed by atoms with E-state index in [1.54, 1.807) is 24.3 Å². The highest BCUT2D eigenvalue weighted by Crippen LogP contribution is 2.29. The summed E-state index contributed by atoms with van der Waals surface area (Å²) < 4.78 is 64.8. The SMILES string of the molecule is COc1ccc(S(=O)(=O)Nc2ccc(N3CCN(C4CCCCC4)CC3)cc2C(=O)O)cc1.O=C(O)C(F)(F)F. The van der Waals surface area contributed by atoms with Gasteiger partial charge in [0.1, 0.15) is 5.75 Å². The van der Waals surface area contributed by atoms with Crippen LogP contribution >= 0.6 is 0 Å². The van der Waals surface area contributed by atoms with Crippen LogP contribution in [0.3, 0.4) is 0 Å². The standard InChI is InChI=1S/C24H31N3O5S.C2HF3O2/c1-32-20-8-10-21(11-9-20)33(30,31)25-23-12-7-19(17-22(23)24(28)29)27-15-13-26(14-16-27)18-5-3-2-4-6-18;3-2(4,5)1(6)7/h7-12,17-18,25H,2-6,13-16H2,1H3,(H,28,29);(H,6,7). The highest BCUT2D eigenvalue weighted by molar-refractivity contribution is 7.92. The van der Waals surface area contributed by atoms with Crippen LogP contribution in [0.15, 0.2) is 47.4 Å². The van der Waals surface area contributed by atoms with Gasteiger partial charge in [-0.1, -0.05) is 19.3 Å². The van der Waals surface area contributed by atoms with E-state index in [0.717, 1.165) is 31.9 Å². The van der Waals surface area contributed by atoms with Gasteiger partial charge in [-0.25, -0.2) is 18.0 Å². The summed E-state index contributed by atoms with van der Waals surface area (Å²) in [6.07, 6.45) is 1.41. The van der Waals surface area contributed by atoms with Crippen LogP contribution in [0.2, 0.25) is 0 Å². The van der Waals surface area contributed by atoms with Crippen LogP contribution in [-0.4, -0.2) is 81.0 Å². The Morgan fingerprint density at radius 1 is 0.950 bits per heavy atom. The normalized spacial score (nSPS) is 16.9. The van der Waals surface area contributed by atoms with Crippen LogP contribution in [0.4, 0.5) is 24.5 Å². The molecule has 2 aromatic carbocycles. The summed E-state index contributed by atoms with van der Waals surface area (Å²) in [5, 5.41) is 16.9. The van der Waals surface area contributed by atoms with Gasteiger partial charge >= 0.3 is 18.1 Å². The number of ether oxygens (including phenoxy) is 1. The van der Waals surface area contributed by atoms with Gasteiger partial charge in [-0.15, -0.1) is 0 Å². The zero-order chi connectivity index (χ0) is 29.5. The number of hydrogen-bond acceptors (Lipinski definition) is 7. The first-order valence-corrected chi connectivity index (χ1v) is 14.1. The quantitative estimate of drug-likeness (QED) is 0.434. The Bertz CT molecular complexity index is 1270. The molecule has 0 bridgehead atoms. The van der Waals surface area contributed by atoms with E-state index >= 15 is 0 Å². The van der Waals surface area contributed by atoms with Crippen molar-refractivity contribution in [2.75, 3.05) is 42.9 Å². The van der Waals surface area contributed by atoms with Crippen molar-refractivity contribution < 1.29 is 46.1 Å². The topological polar surface area (TPSA) is 136 Å². The van der Waals surface area contributed by atoms with Crippen molar-refractivity contribution in [3.05, 3.63) is 48.0 Å². The molecular weight excluding hydrogens is 555 g/mol. The molecule has 0 atom stereocenters. The average molecular weight is 588 g/mol. The number of sulfonamides is 1. The van der Waals surface area contributed by atoms with Gasteiger partial charge in [-0.2, -0.15) is 13.2 Å². The fourth-order valence-corrected chi connectivity index (χ4v) is 5.82. The van der Waals surface area contributed by atoms with Gasteiger partial charge in [0.2, 0.25) is 0 Å². The summed E-state index contributed by atoms with van der Waals surface area (Å²) in [5.74, 6) is -3.40. The maximum Gasteiger partial charge on any atom is 0.490 e. The molecule has 4 rings (SSSR count). The van der Waals surface area contributed by atoms with Gasteiger partial charge in [0, 0.05) is 37.9 Å². The molecule has 1 aliphatic heterocycles. The second kappa shape index (κ2) is 13.2. The molecule has 0 spiro atoms. The molecule has 0 unspecified atom stereocenters. The Hall–Kier alpha value is -3.52. The molecule has 14 heteroatoms. The molecule has 1 heterocycles. The number of carbonyl (C=O) groups is 2. The molecule has 2 aliphatic rings. The third-order valence-corrected chi connectivity index (χ3v) is 8.24. The number of benzene rings is 2. The highest BCUT2D eigenvalue weighted by atomic mass is 32.2. The van der Waals surface area contributed by atoms with Crippen molar-refractivity contribution in [2.24, 2.45) is 0 Å². The third kappa shape index (κ3) is 8.24. The first-order chi connectivity index (χ1) is 18.8. The Morgan fingerprint density at radius 2 is 1.52 bits per heavy atom. The first-order valence-electron chi connectivity index (χ1n) is 12.6. The summed E-state index contributed by atoms with van der Waals surface area (Å²) in [5.41, 5.74) is 0.769. The summed E-state index contributed by atoms with van der Waals surface area (Å²) in [6, 6.07) is 11.5. The number of aromatic carboxylic acids is 1. The van der Waals surface area contributed by atoms with Crippen LogP contribution in [0.25, 0.3) is 0 Å². The van der Waals surface area contributed by atoms with Crippen molar-refractivity contribution in [2.45, 2.75) is 49.2 Å². The molecule has 1 saturated carbocycles. The number of aliphatic carboxylic acids is 1. The van der Waals surface area contributed by atoms with Gasteiger partial charge in [0.25, 0.3) is 10.0 Å². The maximum atomic E-state index is 12.8. The molecule has 2 aromatic rings. The lowest BCUT2D eigenvalue weighted by molar-refractivity contribution is -0.192. The van der Waals surface area contributed by atoms with E-state index < -0.39 is 28.1 Å². The van der Waals surface area contributed by atoms with E-state index in [-0.39, 0.29) is 16.1 Å². The number of piperazine rings is 1. The van der Waals surface area contributed by atoms with E-state index in [1.165, 1.54) is 57.4 Å².